The summed E-state index contributed by atoms with van der Waals surface area (Å²) in [6, 6.07) is 5.91. The van der Waals surface area contributed by atoms with Crippen molar-refractivity contribution in [3.63, 3.8) is 0 Å². The average molecular weight is 302 g/mol. The molecule has 6 heteroatoms. The van der Waals surface area contributed by atoms with E-state index < -0.39 is 11.9 Å². The standard InChI is InChI=1S/C16H18N2O4/c19-14(11-7-3-4-8-12(11)16(21)22)17-18-15(20)13-9-5-1-2-6-10(9)13/h3-4,7-10,13H,1-2,5-6H2,(H,17,19)(H,18,20)(H,21,22). The molecule has 2 aliphatic carbocycles. The lowest BCUT2D eigenvalue weighted by Crippen LogP contribution is -2.43. The Bertz CT molecular complexity index is 616. The molecule has 2 atom stereocenters. The second kappa shape index (κ2) is 5.79. The Labute approximate surface area is 127 Å². The van der Waals surface area contributed by atoms with Gasteiger partial charge in [0.05, 0.1) is 11.1 Å². The zero-order valence-electron chi connectivity index (χ0n) is 12.0. The van der Waals surface area contributed by atoms with Gasteiger partial charge in [0.25, 0.3) is 5.91 Å². The van der Waals surface area contributed by atoms with Gasteiger partial charge in [-0.3, -0.25) is 20.4 Å². The monoisotopic (exact) mass is 302 g/mol. The second-order valence-electron chi connectivity index (χ2n) is 5.93. The number of rotatable bonds is 3. The molecule has 0 radical (unpaired) electrons. The molecule has 3 N–H and O–H groups in total. The van der Waals surface area contributed by atoms with Crippen molar-refractivity contribution in [2.75, 3.05) is 0 Å². The van der Waals surface area contributed by atoms with Crippen molar-refractivity contribution < 1.29 is 19.5 Å². The number of nitrogens with one attached hydrogen (secondary N) is 2. The van der Waals surface area contributed by atoms with Crippen LogP contribution in [-0.4, -0.2) is 22.9 Å². The van der Waals surface area contributed by atoms with Crippen LogP contribution in [0.25, 0.3) is 0 Å². The zero-order valence-corrected chi connectivity index (χ0v) is 12.0. The lowest BCUT2D eigenvalue weighted by molar-refractivity contribution is -0.123. The molecule has 0 aromatic heterocycles. The molecule has 2 amide bonds. The number of amides is 2. The Morgan fingerprint density at radius 2 is 1.55 bits per heavy atom. The highest BCUT2D eigenvalue weighted by Crippen LogP contribution is 2.55. The Balaban J connectivity index is 1.59. The summed E-state index contributed by atoms with van der Waals surface area (Å²) >= 11 is 0. The first-order valence-electron chi connectivity index (χ1n) is 7.52. The van der Waals surface area contributed by atoms with Gasteiger partial charge in [0.1, 0.15) is 0 Å². The average Bonchev–Trinajstić information content (AvgIpc) is 3.26. The van der Waals surface area contributed by atoms with Crippen LogP contribution >= 0.6 is 0 Å². The number of benzene rings is 1. The number of hydrogen-bond acceptors (Lipinski definition) is 3. The minimum atomic E-state index is -1.18. The van der Waals surface area contributed by atoms with Crippen LogP contribution in [0.15, 0.2) is 24.3 Å². The molecule has 116 valence electrons. The molecule has 0 heterocycles. The summed E-state index contributed by atoms with van der Waals surface area (Å²) in [4.78, 5) is 35.2. The van der Waals surface area contributed by atoms with Gasteiger partial charge in [-0.2, -0.15) is 0 Å². The van der Waals surface area contributed by atoms with Crippen molar-refractivity contribution in [2.24, 2.45) is 17.8 Å². The number of fused-ring (bicyclic) bond motifs is 1. The SMILES string of the molecule is O=C(O)c1ccccc1C(=O)NNC(=O)C1C2CCCCC21. The van der Waals surface area contributed by atoms with E-state index in [9.17, 15) is 14.4 Å². The molecule has 1 aromatic rings. The van der Waals surface area contributed by atoms with Crippen molar-refractivity contribution in [1.29, 1.82) is 0 Å². The van der Waals surface area contributed by atoms with Crippen molar-refractivity contribution in [2.45, 2.75) is 25.7 Å². The lowest BCUT2D eigenvalue weighted by Gasteiger charge is -2.09. The molecule has 0 saturated heterocycles. The number of carbonyl (C=O) groups excluding carboxylic acids is 2. The first-order valence-corrected chi connectivity index (χ1v) is 7.52. The topological polar surface area (TPSA) is 95.5 Å². The summed E-state index contributed by atoms with van der Waals surface area (Å²) < 4.78 is 0. The largest absolute Gasteiger partial charge is 0.478 e. The summed E-state index contributed by atoms with van der Waals surface area (Å²) in [5, 5.41) is 9.06. The van der Waals surface area contributed by atoms with E-state index in [1.807, 2.05) is 0 Å². The lowest BCUT2D eigenvalue weighted by atomic mass is 10.0. The summed E-state index contributed by atoms with van der Waals surface area (Å²) in [5.41, 5.74) is 4.70. The molecule has 3 rings (SSSR count). The van der Waals surface area contributed by atoms with Crippen LogP contribution in [0.3, 0.4) is 0 Å². The maximum Gasteiger partial charge on any atom is 0.336 e. The number of hydrazine groups is 1. The van der Waals surface area contributed by atoms with Crippen molar-refractivity contribution >= 4 is 17.8 Å². The molecule has 6 nitrogen and oxygen atoms in total. The van der Waals surface area contributed by atoms with E-state index in [2.05, 4.69) is 10.9 Å². The van der Waals surface area contributed by atoms with Crippen LogP contribution in [0.5, 0.6) is 0 Å². The maximum absolute atomic E-state index is 12.1. The Morgan fingerprint density at radius 3 is 2.14 bits per heavy atom. The number of carboxylic acids is 1. The molecule has 2 unspecified atom stereocenters. The fraction of sp³-hybridized carbons (Fsp3) is 0.438. The molecule has 1 aromatic carbocycles. The number of aromatic carboxylic acids is 1. The van der Waals surface area contributed by atoms with Crippen molar-refractivity contribution in [3.8, 4) is 0 Å². The third kappa shape index (κ3) is 2.68. The van der Waals surface area contributed by atoms with E-state index >= 15 is 0 Å². The first-order chi connectivity index (χ1) is 10.6. The molecule has 22 heavy (non-hydrogen) atoms. The van der Waals surface area contributed by atoms with Crippen LogP contribution in [0.4, 0.5) is 0 Å². The van der Waals surface area contributed by atoms with Gasteiger partial charge < -0.3 is 5.11 Å². The van der Waals surface area contributed by atoms with E-state index in [0.717, 1.165) is 12.8 Å². The minimum absolute atomic E-state index is 0.00230. The zero-order chi connectivity index (χ0) is 15.7. The summed E-state index contributed by atoms with van der Waals surface area (Å²) in [5.74, 6) is -1.05. The number of carboxylic acid groups (broad SMARTS) is 1. The minimum Gasteiger partial charge on any atom is -0.478 e. The normalized spacial score (nSPS) is 25.7. The van der Waals surface area contributed by atoms with Gasteiger partial charge in [-0.25, -0.2) is 4.79 Å². The van der Waals surface area contributed by atoms with Gasteiger partial charge in [-0.1, -0.05) is 25.0 Å². The molecule has 2 saturated carbocycles. The van der Waals surface area contributed by atoms with Gasteiger partial charge in [0, 0.05) is 5.92 Å². The van der Waals surface area contributed by atoms with Crippen molar-refractivity contribution in [3.05, 3.63) is 35.4 Å². The molecule has 0 aliphatic heterocycles. The van der Waals surface area contributed by atoms with E-state index in [0.29, 0.717) is 11.8 Å². The van der Waals surface area contributed by atoms with Gasteiger partial charge in [-0.15, -0.1) is 0 Å². The molecular weight excluding hydrogens is 284 g/mol. The van der Waals surface area contributed by atoms with E-state index in [4.69, 9.17) is 5.11 Å². The molecular formula is C16H18N2O4. The predicted molar refractivity (Wildman–Crippen MR) is 77.9 cm³/mol. The van der Waals surface area contributed by atoms with Crippen LogP contribution in [0.1, 0.15) is 46.4 Å². The third-order valence-corrected chi connectivity index (χ3v) is 4.66. The molecule has 2 fully saturated rings. The van der Waals surface area contributed by atoms with E-state index in [1.54, 1.807) is 12.1 Å². The Morgan fingerprint density at radius 1 is 0.955 bits per heavy atom. The van der Waals surface area contributed by atoms with E-state index in [1.165, 1.54) is 25.0 Å². The third-order valence-electron chi connectivity index (χ3n) is 4.66. The molecule has 2 aliphatic rings. The highest BCUT2D eigenvalue weighted by Gasteiger charge is 2.54. The number of carbonyl (C=O) groups is 3. The summed E-state index contributed by atoms with van der Waals surface area (Å²) in [6.07, 6.45) is 4.50. The van der Waals surface area contributed by atoms with Gasteiger partial charge in [0.15, 0.2) is 0 Å². The van der Waals surface area contributed by atoms with Crippen LogP contribution in [0, 0.1) is 17.8 Å². The van der Waals surface area contributed by atoms with Crippen LogP contribution < -0.4 is 10.9 Å². The number of hydrogen-bond donors (Lipinski definition) is 3. The van der Waals surface area contributed by atoms with E-state index in [-0.39, 0.29) is 23.0 Å². The quantitative estimate of drug-likeness (QED) is 0.739. The van der Waals surface area contributed by atoms with Gasteiger partial charge >= 0.3 is 5.97 Å². The summed E-state index contributed by atoms with van der Waals surface area (Å²) in [7, 11) is 0. The highest BCUT2D eigenvalue weighted by atomic mass is 16.4. The van der Waals surface area contributed by atoms with Gasteiger partial charge in [-0.05, 0) is 36.8 Å². The highest BCUT2D eigenvalue weighted by molar-refractivity contribution is 6.05. The molecule has 0 spiro atoms. The van der Waals surface area contributed by atoms with Gasteiger partial charge in [0.2, 0.25) is 5.91 Å². The Hall–Kier alpha value is -2.37. The van der Waals surface area contributed by atoms with Crippen molar-refractivity contribution in [1.82, 2.24) is 10.9 Å². The fourth-order valence-electron chi connectivity index (χ4n) is 3.52. The summed E-state index contributed by atoms with van der Waals surface area (Å²) in [6.45, 7) is 0. The van der Waals surface area contributed by atoms with Crippen LogP contribution in [-0.2, 0) is 4.79 Å². The van der Waals surface area contributed by atoms with Crippen LogP contribution in [0.2, 0.25) is 0 Å². The smallest absolute Gasteiger partial charge is 0.336 e. The second-order valence-corrected chi connectivity index (χ2v) is 5.93. The fourth-order valence-corrected chi connectivity index (χ4v) is 3.52. The maximum atomic E-state index is 12.1. The Kier molecular flexibility index (Phi) is 3.83. The first kappa shape index (κ1) is 14.6. The molecule has 0 bridgehead atoms. The predicted octanol–water partition coefficient (Wildman–Crippen LogP) is 1.58.